The number of nitrogens with zero attached hydrogens (tertiary/aromatic N) is 1. The largest absolute Gasteiger partial charge is 0.385 e. The lowest BCUT2D eigenvalue weighted by molar-refractivity contribution is 0.0492. The van der Waals surface area contributed by atoms with E-state index >= 15 is 0 Å². The average molecular weight is 242 g/mol. The van der Waals surface area contributed by atoms with E-state index in [2.05, 4.69) is 18.9 Å². The molecule has 1 saturated carbocycles. The van der Waals surface area contributed by atoms with Gasteiger partial charge in [0.25, 0.3) is 0 Å². The van der Waals surface area contributed by atoms with Crippen LogP contribution in [-0.4, -0.2) is 44.3 Å². The second-order valence-corrected chi connectivity index (χ2v) is 5.57. The quantitative estimate of drug-likeness (QED) is 0.696. The van der Waals surface area contributed by atoms with E-state index < -0.39 is 0 Å². The Labute approximate surface area is 107 Å². The summed E-state index contributed by atoms with van der Waals surface area (Å²) in [4.78, 5) is 2.49. The van der Waals surface area contributed by atoms with Crippen molar-refractivity contribution in [3.8, 4) is 0 Å². The zero-order valence-corrected chi connectivity index (χ0v) is 11.9. The molecule has 3 heteroatoms. The molecular weight excluding hydrogens is 212 g/mol. The Morgan fingerprint density at radius 1 is 1.47 bits per heavy atom. The van der Waals surface area contributed by atoms with Crippen LogP contribution >= 0.6 is 0 Å². The van der Waals surface area contributed by atoms with Crippen LogP contribution in [0.3, 0.4) is 0 Å². The number of nitrogens with two attached hydrogens (primary N) is 1. The first-order valence-electron chi connectivity index (χ1n) is 7.08. The van der Waals surface area contributed by atoms with E-state index in [1.165, 1.54) is 32.1 Å². The highest BCUT2D eigenvalue weighted by Gasteiger charge is 2.37. The number of likely N-dealkylation sites (N-methyl/N-ethyl adjacent to an activating group) is 1. The maximum Gasteiger partial charge on any atom is 0.0474 e. The van der Waals surface area contributed by atoms with Gasteiger partial charge in [-0.25, -0.2) is 0 Å². The molecule has 102 valence electrons. The lowest BCUT2D eigenvalue weighted by Gasteiger charge is -2.46. The summed E-state index contributed by atoms with van der Waals surface area (Å²) < 4.78 is 5.13. The van der Waals surface area contributed by atoms with Gasteiger partial charge >= 0.3 is 0 Å². The van der Waals surface area contributed by atoms with Crippen molar-refractivity contribution in [3.05, 3.63) is 0 Å². The third-order valence-corrected chi connectivity index (χ3v) is 4.53. The molecule has 0 aromatic carbocycles. The summed E-state index contributed by atoms with van der Waals surface area (Å²) in [7, 11) is 4.01. The second kappa shape index (κ2) is 7.34. The Hall–Kier alpha value is -0.120. The predicted molar refractivity (Wildman–Crippen MR) is 73.2 cm³/mol. The van der Waals surface area contributed by atoms with E-state index in [9.17, 15) is 0 Å². The molecule has 0 aromatic rings. The third kappa shape index (κ3) is 3.94. The molecule has 0 bridgehead atoms. The van der Waals surface area contributed by atoms with E-state index in [0.29, 0.717) is 0 Å². The van der Waals surface area contributed by atoms with Crippen LogP contribution in [0.4, 0.5) is 0 Å². The van der Waals surface area contributed by atoms with Gasteiger partial charge in [-0.05, 0) is 32.2 Å². The third-order valence-electron chi connectivity index (χ3n) is 4.53. The molecule has 1 aliphatic rings. The van der Waals surface area contributed by atoms with Gasteiger partial charge in [-0.2, -0.15) is 0 Å². The van der Waals surface area contributed by atoms with Gasteiger partial charge in [-0.3, -0.25) is 4.90 Å². The smallest absolute Gasteiger partial charge is 0.0474 e. The molecular formula is C14H30N2O. The maximum atomic E-state index is 6.09. The first kappa shape index (κ1) is 14.9. The second-order valence-electron chi connectivity index (χ2n) is 5.57. The minimum Gasteiger partial charge on any atom is -0.385 e. The maximum absolute atomic E-state index is 6.09. The van der Waals surface area contributed by atoms with Crippen molar-refractivity contribution in [2.45, 2.75) is 51.0 Å². The van der Waals surface area contributed by atoms with E-state index in [0.717, 1.165) is 32.0 Å². The van der Waals surface area contributed by atoms with Crippen molar-refractivity contribution in [3.63, 3.8) is 0 Å². The van der Waals surface area contributed by atoms with Crippen molar-refractivity contribution in [2.24, 2.45) is 11.7 Å². The SMILES string of the molecule is CCC1CCCC(CN)(N(C)CCCOC)C1. The van der Waals surface area contributed by atoms with E-state index in [4.69, 9.17) is 10.5 Å². The molecule has 0 aliphatic heterocycles. The van der Waals surface area contributed by atoms with Crippen LogP contribution in [0.1, 0.15) is 45.4 Å². The lowest BCUT2D eigenvalue weighted by atomic mass is 9.74. The van der Waals surface area contributed by atoms with E-state index in [-0.39, 0.29) is 5.54 Å². The summed E-state index contributed by atoms with van der Waals surface area (Å²) in [6.07, 6.45) is 7.68. The molecule has 0 spiro atoms. The molecule has 3 nitrogen and oxygen atoms in total. The minimum absolute atomic E-state index is 0.257. The zero-order valence-electron chi connectivity index (χ0n) is 11.9. The topological polar surface area (TPSA) is 38.5 Å². The van der Waals surface area contributed by atoms with E-state index in [1.54, 1.807) is 7.11 Å². The summed E-state index contributed by atoms with van der Waals surface area (Å²) in [6.45, 7) is 5.05. The summed E-state index contributed by atoms with van der Waals surface area (Å²) in [5.41, 5.74) is 6.34. The highest BCUT2D eigenvalue weighted by Crippen LogP contribution is 2.37. The van der Waals surface area contributed by atoms with Crippen molar-refractivity contribution in [2.75, 3.05) is 33.9 Å². The van der Waals surface area contributed by atoms with Crippen LogP contribution in [0.25, 0.3) is 0 Å². The molecule has 0 radical (unpaired) electrons. The lowest BCUT2D eigenvalue weighted by Crippen LogP contribution is -2.55. The number of ether oxygens (including phenoxy) is 1. The first-order valence-corrected chi connectivity index (χ1v) is 7.08. The molecule has 0 heterocycles. The number of rotatable bonds is 7. The van der Waals surface area contributed by atoms with Crippen LogP contribution in [-0.2, 0) is 4.74 Å². The first-order chi connectivity index (χ1) is 8.18. The molecule has 0 aromatic heterocycles. The fourth-order valence-corrected chi connectivity index (χ4v) is 3.18. The molecule has 2 N–H and O–H groups in total. The number of methoxy groups -OCH3 is 1. The molecule has 17 heavy (non-hydrogen) atoms. The van der Waals surface area contributed by atoms with Crippen LogP contribution in [0.5, 0.6) is 0 Å². The molecule has 1 aliphatic carbocycles. The van der Waals surface area contributed by atoms with Gasteiger partial charge in [-0.1, -0.05) is 26.2 Å². The van der Waals surface area contributed by atoms with Crippen LogP contribution < -0.4 is 5.73 Å². The molecule has 2 atom stereocenters. The summed E-state index contributed by atoms with van der Waals surface area (Å²) >= 11 is 0. The van der Waals surface area contributed by atoms with Gasteiger partial charge in [0, 0.05) is 32.3 Å². The zero-order chi connectivity index (χ0) is 12.7. The van der Waals surface area contributed by atoms with Gasteiger partial charge in [0.1, 0.15) is 0 Å². The van der Waals surface area contributed by atoms with Crippen molar-refractivity contribution in [1.82, 2.24) is 4.90 Å². The van der Waals surface area contributed by atoms with Gasteiger partial charge < -0.3 is 10.5 Å². The summed E-state index contributed by atoms with van der Waals surface area (Å²) in [6, 6.07) is 0. The Bertz CT molecular complexity index is 210. The summed E-state index contributed by atoms with van der Waals surface area (Å²) in [5.74, 6) is 0.872. The average Bonchev–Trinajstić information content (AvgIpc) is 2.38. The molecule has 1 fully saturated rings. The van der Waals surface area contributed by atoms with Crippen LogP contribution in [0.15, 0.2) is 0 Å². The molecule has 0 saturated heterocycles. The minimum atomic E-state index is 0.257. The fourth-order valence-electron chi connectivity index (χ4n) is 3.18. The highest BCUT2D eigenvalue weighted by molar-refractivity contribution is 4.95. The van der Waals surface area contributed by atoms with Crippen molar-refractivity contribution < 1.29 is 4.74 Å². The van der Waals surface area contributed by atoms with Gasteiger partial charge in [0.15, 0.2) is 0 Å². The van der Waals surface area contributed by atoms with Crippen molar-refractivity contribution in [1.29, 1.82) is 0 Å². The van der Waals surface area contributed by atoms with E-state index in [1.807, 2.05) is 0 Å². The predicted octanol–water partition coefficient (Wildman–Crippen LogP) is 2.25. The Morgan fingerprint density at radius 2 is 2.24 bits per heavy atom. The molecule has 1 rings (SSSR count). The van der Waals surface area contributed by atoms with Gasteiger partial charge in [-0.15, -0.1) is 0 Å². The van der Waals surface area contributed by atoms with Crippen molar-refractivity contribution >= 4 is 0 Å². The van der Waals surface area contributed by atoms with Crippen LogP contribution in [0.2, 0.25) is 0 Å². The Kier molecular flexibility index (Phi) is 6.45. The van der Waals surface area contributed by atoms with Gasteiger partial charge in [0.2, 0.25) is 0 Å². The highest BCUT2D eigenvalue weighted by atomic mass is 16.5. The standard InChI is InChI=1S/C14H30N2O/c1-4-13-7-5-8-14(11-13,12-15)16(2)9-6-10-17-3/h13H,4-12,15H2,1-3H3. The Balaban J connectivity index is 2.53. The fraction of sp³-hybridized carbons (Fsp3) is 1.00. The van der Waals surface area contributed by atoms with Crippen LogP contribution in [0, 0.1) is 5.92 Å². The Morgan fingerprint density at radius 3 is 2.82 bits per heavy atom. The molecule has 2 unspecified atom stereocenters. The summed E-state index contributed by atoms with van der Waals surface area (Å²) in [5, 5.41) is 0. The normalized spacial score (nSPS) is 29.8. The number of hydrogen-bond donors (Lipinski definition) is 1. The molecule has 0 amide bonds. The number of hydrogen-bond acceptors (Lipinski definition) is 3. The van der Waals surface area contributed by atoms with Gasteiger partial charge in [0.05, 0.1) is 0 Å². The monoisotopic (exact) mass is 242 g/mol.